The molecule has 274 valence electrons. The number of Topliss-reactive ketones (excluding diaryl/α,β-unsaturated/α-hetero) is 1. The van der Waals surface area contributed by atoms with Gasteiger partial charge in [0.15, 0.2) is 11.5 Å². The summed E-state index contributed by atoms with van der Waals surface area (Å²) in [6.45, 7) is -0.615. The number of aromatic nitrogens is 4. The van der Waals surface area contributed by atoms with Crippen molar-refractivity contribution in [2.24, 2.45) is 5.92 Å². The molecule has 15 heteroatoms. The first-order valence-electron chi connectivity index (χ1n) is 16.8. The number of pyridine rings is 2. The molecule has 2 N–H and O–H groups in total. The molecule has 1 fully saturated rings. The van der Waals surface area contributed by atoms with E-state index in [9.17, 15) is 36.3 Å². The molecule has 0 unspecified atom stereocenters. The van der Waals surface area contributed by atoms with Gasteiger partial charge in [0.05, 0.1) is 5.69 Å². The second-order valence-corrected chi connectivity index (χ2v) is 13.6. The molecule has 8 nitrogen and oxygen atoms in total. The van der Waals surface area contributed by atoms with E-state index in [-0.39, 0.29) is 41.3 Å². The molecule has 2 aliphatic carbocycles. The van der Waals surface area contributed by atoms with E-state index in [2.05, 4.69) is 27.2 Å². The van der Waals surface area contributed by atoms with E-state index < -0.39 is 77.2 Å². The van der Waals surface area contributed by atoms with Crippen molar-refractivity contribution in [1.82, 2.24) is 25.1 Å². The van der Waals surface area contributed by atoms with Crippen LogP contribution in [-0.4, -0.2) is 31.4 Å². The van der Waals surface area contributed by atoms with Crippen LogP contribution in [0, 0.1) is 29.4 Å². The number of nitrogens with one attached hydrogen (secondary N) is 2. The molecule has 0 bridgehead atoms. The second-order valence-electron chi connectivity index (χ2n) is 13.6. The maximum absolute atomic E-state index is 15.3. The molecule has 54 heavy (non-hydrogen) atoms. The number of ketones is 1. The number of alkyl halides is 5. The number of aromatic amines is 1. The van der Waals surface area contributed by atoms with Gasteiger partial charge in [-0.25, -0.2) is 13.8 Å². The van der Waals surface area contributed by atoms with Crippen molar-refractivity contribution in [3.05, 3.63) is 139 Å². The summed E-state index contributed by atoms with van der Waals surface area (Å²) in [5, 5.41) is 6.21. The first-order chi connectivity index (χ1) is 25.7. The number of nitrogens with zero attached hydrogens (tertiary/aromatic N) is 3. The summed E-state index contributed by atoms with van der Waals surface area (Å²) < 4.78 is 102. The number of carbonyl (C=O) groups is 2. The molecule has 0 saturated heterocycles. The highest BCUT2D eigenvalue weighted by Crippen LogP contribution is 2.68. The molecule has 3 aliphatic rings. The van der Waals surface area contributed by atoms with E-state index in [0.29, 0.717) is 39.5 Å². The Hall–Kier alpha value is -6.04. The topological polar surface area (TPSA) is 110 Å². The van der Waals surface area contributed by atoms with Crippen molar-refractivity contribution in [3.8, 4) is 23.0 Å². The van der Waals surface area contributed by atoms with E-state index in [1.807, 2.05) is 0 Å². The number of amides is 1. The molecule has 2 aromatic carbocycles. The number of H-pyrrole nitrogens is 1. The highest BCUT2D eigenvalue weighted by atomic mass is 19.4. The summed E-state index contributed by atoms with van der Waals surface area (Å²) in [5.74, 6) is -4.13. The van der Waals surface area contributed by atoms with Gasteiger partial charge in [0, 0.05) is 65.4 Å². The van der Waals surface area contributed by atoms with Crippen LogP contribution < -0.4 is 10.9 Å². The quantitative estimate of drug-likeness (QED) is 0.135. The van der Waals surface area contributed by atoms with Crippen molar-refractivity contribution in [2.45, 2.75) is 56.3 Å². The molecule has 8 rings (SSSR count). The zero-order valence-electron chi connectivity index (χ0n) is 27.8. The minimum atomic E-state index is -5.03. The third kappa shape index (κ3) is 6.46. The Balaban J connectivity index is 1.22. The number of hydrogen-bond donors (Lipinski definition) is 2. The van der Waals surface area contributed by atoms with Crippen LogP contribution in [0.2, 0.25) is 0 Å². The summed E-state index contributed by atoms with van der Waals surface area (Å²) >= 11 is 0. The fraction of sp³-hybridized carbons (Fsp3) is 0.256. The van der Waals surface area contributed by atoms with Gasteiger partial charge in [-0.15, -0.1) is 0 Å². The number of rotatable bonds is 8. The molecule has 5 aromatic rings. The van der Waals surface area contributed by atoms with Crippen LogP contribution in [0.25, 0.3) is 11.1 Å². The molecule has 0 spiro atoms. The molecule has 4 heterocycles. The predicted molar refractivity (Wildman–Crippen MR) is 178 cm³/mol. The zero-order chi connectivity index (χ0) is 38.1. The summed E-state index contributed by atoms with van der Waals surface area (Å²) in [4.78, 5) is 45.2. The van der Waals surface area contributed by atoms with Crippen molar-refractivity contribution in [3.63, 3.8) is 0 Å². The highest BCUT2D eigenvalue weighted by Gasteiger charge is 2.68. The van der Waals surface area contributed by atoms with E-state index in [0.717, 1.165) is 17.7 Å². The minimum Gasteiger partial charge on any atom is -0.348 e. The summed E-state index contributed by atoms with van der Waals surface area (Å²) in [6, 6.07) is 13.9. The standard InChI is InChI=1S/C39H26F7N5O3/c40-24-10-20(11-25(41)14-24)9-23(12-27(52)18-51-36-33(35(50-51)39(44,45)46)30-15-31(30)38(36,42)43)34-28(21-3-4-22-17-48-37(54)29(22)13-21)7-6-26(49-34)5-1-19-2-8-32(53)47-16-19/h2-4,6-8,10-11,13-14,16,23,30-31H,9,12,15,17-18H2,(H,47,53)(H,48,54)/t23-,30+,31-/m1/s1. The van der Waals surface area contributed by atoms with Gasteiger partial charge in [0.1, 0.15) is 29.6 Å². The van der Waals surface area contributed by atoms with Gasteiger partial charge < -0.3 is 10.3 Å². The van der Waals surface area contributed by atoms with Crippen LogP contribution in [0.15, 0.2) is 71.7 Å². The normalized spacial score (nSPS) is 18.2. The molecule has 1 saturated carbocycles. The van der Waals surface area contributed by atoms with Crippen LogP contribution in [0.1, 0.15) is 80.1 Å². The Morgan fingerprint density at radius 3 is 2.48 bits per heavy atom. The van der Waals surface area contributed by atoms with Gasteiger partial charge in [-0.1, -0.05) is 18.1 Å². The van der Waals surface area contributed by atoms with Gasteiger partial charge in [-0.3, -0.25) is 19.1 Å². The zero-order valence-corrected chi connectivity index (χ0v) is 27.8. The van der Waals surface area contributed by atoms with E-state index >= 15 is 8.78 Å². The Morgan fingerprint density at radius 2 is 1.76 bits per heavy atom. The lowest BCUT2D eigenvalue weighted by Gasteiger charge is -2.21. The van der Waals surface area contributed by atoms with Crippen molar-refractivity contribution < 1.29 is 40.3 Å². The van der Waals surface area contributed by atoms with Crippen LogP contribution in [0.3, 0.4) is 0 Å². The van der Waals surface area contributed by atoms with E-state index in [1.54, 1.807) is 30.3 Å². The maximum atomic E-state index is 15.3. The lowest BCUT2D eigenvalue weighted by atomic mass is 9.86. The number of halogens is 7. The van der Waals surface area contributed by atoms with Crippen LogP contribution >= 0.6 is 0 Å². The molecule has 3 atom stereocenters. The van der Waals surface area contributed by atoms with Crippen molar-refractivity contribution >= 4 is 11.7 Å². The van der Waals surface area contributed by atoms with Crippen molar-refractivity contribution in [2.75, 3.05) is 0 Å². The van der Waals surface area contributed by atoms with Crippen LogP contribution in [0.4, 0.5) is 30.7 Å². The second kappa shape index (κ2) is 12.8. The predicted octanol–water partition coefficient (Wildman–Crippen LogP) is 6.77. The van der Waals surface area contributed by atoms with Crippen LogP contribution in [-0.2, 0) is 36.4 Å². The fourth-order valence-corrected chi connectivity index (χ4v) is 7.48. The van der Waals surface area contributed by atoms with Crippen LogP contribution in [0.5, 0.6) is 0 Å². The van der Waals surface area contributed by atoms with E-state index in [4.69, 9.17) is 4.98 Å². The largest absolute Gasteiger partial charge is 0.435 e. The molecular weight excluding hydrogens is 719 g/mol. The summed E-state index contributed by atoms with van der Waals surface area (Å²) in [5.41, 5.74) is -0.343. The average Bonchev–Trinajstić information content (AvgIpc) is 3.62. The SMILES string of the molecule is O=C(C[C@@H](Cc1cc(F)cc(F)c1)c1nc(C#Cc2ccc(=O)[nH]c2)ccc1-c1ccc2c(c1)C(=O)NC2)Cn1nc(C(F)(F)F)c2c1C(F)(F)[C@@H]1C[C@H]21. The molecule has 3 aromatic heterocycles. The molecule has 0 radical (unpaired) electrons. The van der Waals surface area contributed by atoms with Gasteiger partial charge in [-0.2, -0.15) is 27.1 Å². The van der Waals surface area contributed by atoms with Gasteiger partial charge in [-0.05, 0) is 77.8 Å². The van der Waals surface area contributed by atoms with E-state index in [1.165, 1.54) is 18.3 Å². The fourth-order valence-electron chi connectivity index (χ4n) is 7.48. The maximum Gasteiger partial charge on any atom is 0.435 e. The smallest absolute Gasteiger partial charge is 0.348 e. The van der Waals surface area contributed by atoms with Gasteiger partial charge in [0.2, 0.25) is 5.56 Å². The first-order valence-corrected chi connectivity index (χ1v) is 16.8. The lowest BCUT2D eigenvalue weighted by Crippen LogP contribution is -2.24. The highest BCUT2D eigenvalue weighted by molar-refractivity contribution is 5.99. The Bertz CT molecular complexity index is 2470. The molecular formula is C39H26F7N5O3. The van der Waals surface area contributed by atoms with Gasteiger partial charge in [0.25, 0.3) is 11.8 Å². The van der Waals surface area contributed by atoms with Crippen molar-refractivity contribution in [1.29, 1.82) is 0 Å². The lowest BCUT2D eigenvalue weighted by molar-refractivity contribution is -0.142. The minimum absolute atomic E-state index is 0.113. The summed E-state index contributed by atoms with van der Waals surface area (Å²) in [7, 11) is 0. The number of fused-ring (bicyclic) bond motifs is 4. The number of hydrogen-bond acceptors (Lipinski definition) is 5. The Morgan fingerprint density at radius 1 is 0.981 bits per heavy atom. The third-order valence-corrected chi connectivity index (χ3v) is 9.94. The van der Waals surface area contributed by atoms with Gasteiger partial charge >= 0.3 is 6.18 Å². The molecule has 1 aliphatic heterocycles. The average molecular weight is 746 g/mol. The summed E-state index contributed by atoms with van der Waals surface area (Å²) in [6.07, 6.45) is -4.49. The first kappa shape index (κ1) is 35.0. The number of benzene rings is 2. The number of carbonyl (C=O) groups excluding carboxylic acids is 2. The third-order valence-electron chi connectivity index (χ3n) is 9.94. The Labute approximate surface area is 301 Å². The molecule has 1 amide bonds. The monoisotopic (exact) mass is 745 g/mol. The Kier molecular flexibility index (Phi) is 8.31.